The lowest BCUT2D eigenvalue weighted by Crippen LogP contribution is -2.26. The average Bonchev–Trinajstić information content (AvgIpc) is 2.89. The maximum Gasteiger partial charge on any atom is 0.160 e. The highest BCUT2D eigenvalue weighted by molar-refractivity contribution is 5.96. The van der Waals surface area contributed by atoms with E-state index in [9.17, 15) is 4.79 Å². The Morgan fingerprint density at radius 3 is 2.86 bits per heavy atom. The van der Waals surface area contributed by atoms with Crippen molar-refractivity contribution in [1.29, 1.82) is 0 Å². The number of hydrogen-bond donors (Lipinski definition) is 1. The molecule has 0 amide bonds. The van der Waals surface area contributed by atoms with Gasteiger partial charge >= 0.3 is 0 Å². The number of allylic oxidation sites excluding steroid dienone is 2. The largest absolute Gasteiger partial charge is 0.325 e. The van der Waals surface area contributed by atoms with Crippen LogP contribution in [0.25, 0.3) is 0 Å². The van der Waals surface area contributed by atoms with Gasteiger partial charge in [0.15, 0.2) is 5.78 Å². The first-order valence-corrected chi connectivity index (χ1v) is 5.71. The summed E-state index contributed by atoms with van der Waals surface area (Å²) >= 11 is 0. The molecule has 2 nitrogen and oxygen atoms in total. The van der Waals surface area contributed by atoms with Crippen molar-refractivity contribution in [2.45, 2.75) is 56.9 Å². The maximum absolute atomic E-state index is 11.9. The molecule has 0 aromatic rings. The number of nitrogens with two attached hydrogens (primary N) is 1. The molecule has 2 aliphatic carbocycles. The van der Waals surface area contributed by atoms with Crippen LogP contribution in [0.1, 0.15) is 51.4 Å². The minimum absolute atomic E-state index is 0.121. The van der Waals surface area contributed by atoms with Gasteiger partial charge in [-0.1, -0.05) is 12.5 Å². The van der Waals surface area contributed by atoms with Gasteiger partial charge in [-0.3, -0.25) is 4.79 Å². The molecule has 1 saturated carbocycles. The topological polar surface area (TPSA) is 43.1 Å². The first-order valence-electron chi connectivity index (χ1n) is 5.71. The van der Waals surface area contributed by atoms with E-state index in [0.29, 0.717) is 12.2 Å². The summed E-state index contributed by atoms with van der Waals surface area (Å²) in [4.78, 5) is 11.9. The molecule has 78 valence electrons. The molecule has 0 saturated heterocycles. The normalized spacial score (nSPS) is 25.1. The van der Waals surface area contributed by atoms with Gasteiger partial charge in [-0.05, 0) is 44.1 Å². The minimum atomic E-state index is -0.121. The highest BCUT2D eigenvalue weighted by atomic mass is 16.1. The van der Waals surface area contributed by atoms with E-state index in [4.69, 9.17) is 5.73 Å². The average molecular weight is 193 g/mol. The van der Waals surface area contributed by atoms with E-state index in [1.165, 1.54) is 19.3 Å². The van der Waals surface area contributed by atoms with E-state index >= 15 is 0 Å². The zero-order valence-corrected chi connectivity index (χ0v) is 8.72. The molecule has 2 heteroatoms. The summed E-state index contributed by atoms with van der Waals surface area (Å²) in [5.41, 5.74) is 6.88. The van der Waals surface area contributed by atoms with Crippen molar-refractivity contribution in [3.8, 4) is 0 Å². The molecule has 2 N–H and O–H groups in total. The smallest absolute Gasteiger partial charge is 0.160 e. The lowest BCUT2D eigenvalue weighted by Gasteiger charge is -2.09. The van der Waals surface area contributed by atoms with E-state index in [-0.39, 0.29) is 5.54 Å². The number of carbonyl (C=O) groups is 1. The Kier molecular flexibility index (Phi) is 2.73. The minimum Gasteiger partial charge on any atom is -0.325 e. The van der Waals surface area contributed by atoms with Gasteiger partial charge in [-0.25, -0.2) is 0 Å². The second kappa shape index (κ2) is 3.85. The Balaban J connectivity index is 1.92. The number of ketones is 1. The highest BCUT2D eigenvalue weighted by Crippen LogP contribution is 2.37. The van der Waals surface area contributed by atoms with Crippen molar-refractivity contribution in [2.75, 3.05) is 0 Å². The summed E-state index contributed by atoms with van der Waals surface area (Å²) in [7, 11) is 0. The van der Waals surface area contributed by atoms with Crippen LogP contribution >= 0.6 is 0 Å². The molecule has 0 spiro atoms. The molecule has 0 bridgehead atoms. The van der Waals surface area contributed by atoms with Crippen LogP contribution in [0.3, 0.4) is 0 Å². The Morgan fingerprint density at radius 2 is 2.14 bits per heavy atom. The summed E-state index contributed by atoms with van der Waals surface area (Å²) in [5, 5.41) is 0. The van der Waals surface area contributed by atoms with Gasteiger partial charge in [-0.2, -0.15) is 0 Å². The van der Waals surface area contributed by atoms with Gasteiger partial charge in [0, 0.05) is 12.0 Å². The Bertz CT molecular complexity index is 263. The van der Waals surface area contributed by atoms with Crippen molar-refractivity contribution >= 4 is 5.78 Å². The second-order valence-electron chi connectivity index (χ2n) is 4.79. The SMILES string of the molecule is NC1(CC(=O)C2=CCCCCC2)CC1. The van der Waals surface area contributed by atoms with Crippen LogP contribution < -0.4 is 5.73 Å². The molecule has 0 aromatic heterocycles. The van der Waals surface area contributed by atoms with Crippen LogP contribution in [0, 0.1) is 0 Å². The van der Waals surface area contributed by atoms with Gasteiger partial charge in [0.25, 0.3) is 0 Å². The Hall–Kier alpha value is -0.630. The van der Waals surface area contributed by atoms with E-state index in [1.54, 1.807) is 0 Å². The zero-order valence-electron chi connectivity index (χ0n) is 8.72. The molecule has 0 heterocycles. The first-order chi connectivity index (χ1) is 6.70. The monoisotopic (exact) mass is 193 g/mol. The third-order valence-corrected chi connectivity index (χ3v) is 3.30. The van der Waals surface area contributed by atoms with E-state index in [1.807, 2.05) is 0 Å². The van der Waals surface area contributed by atoms with Crippen LogP contribution in [-0.2, 0) is 4.79 Å². The van der Waals surface area contributed by atoms with Gasteiger partial charge < -0.3 is 5.73 Å². The molecule has 0 aromatic carbocycles. The fourth-order valence-corrected chi connectivity index (χ4v) is 2.04. The van der Waals surface area contributed by atoms with Crippen molar-refractivity contribution < 1.29 is 4.79 Å². The van der Waals surface area contributed by atoms with E-state index < -0.39 is 0 Å². The van der Waals surface area contributed by atoms with Crippen LogP contribution in [0.15, 0.2) is 11.6 Å². The van der Waals surface area contributed by atoms with Crippen molar-refractivity contribution in [3.63, 3.8) is 0 Å². The summed E-state index contributed by atoms with van der Waals surface area (Å²) in [6, 6.07) is 0. The van der Waals surface area contributed by atoms with Crippen LogP contribution in [0.5, 0.6) is 0 Å². The molecular formula is C12H19NO. The molecule has 0 aliphatic heterocycles. The van der Waals surface area contributed by atoms with Crippen LogP contribution in [-0.4, -0.2) is 11.3 Å². The lowest BCUT2D eigenvalue weighted by molar-refractivity contribution is -0.116. The number of Topliss-reactive ketones (excluding diaryl/α,β-unsaturated/α-hetero) is 1. The third kappa shape index (κ3) is 2.44. The predicted molar refractivity (Wildman–Crippen MR) is 56.9 cm³/mol. The molecule has 0 radical (unpaired) electrons. The second-order valence-corrected chi connectivity index (χ2v) is 4.79. The summed E-state index contributed by atoms with van der Waals surface area (Å²) in [6.07, 6.45) is 10.5. The van der Waals surface area contributed by atoms with Crippen molar-refractivity contribution in [3.05, 3.63) is 11.6 Å². The van der Waals surface area contributed by atoms with Crippen molar-refractivity contribution in [2.24, 2.45) is 5.73 Å². The fourth-order valence-electron chi connectivity index (χ4n) is 2.04. The van der Waals surface area contributed by atoms with E-state index in [2.05, 4.69) is 6.08 Å². The number of carbonyl (C=O) groups excluding carboxylic acids is 1. The molecule has 0 atom stereocenters. The van der Waals surface area contributed by atoms with Crippen molar-refractivity contribution in [1.82, 2.24) is 0 Å². The Labute approximate surface area is 85.6 Å². The molecule has 1 fully saturated rings. The van der Waals surface area contributed by atoms with Gasteiger partial charge in [0.1, 0.15) is 0 Å². The molecule has 0 unspecified atom stereocenters. The number of rotatable bonds is 3. The lowest BCUT2D eigenvalue weighted by atomic mass is 9.99. The zero-order chi connectivity index (χ0) is 10.0. The highest BCUT2D eigenvalue weighted by Gasteiger charge is 2.40. The third-order valence-electron chi connectivity index (χ3n) is 3.30. The van der Waals surface area contributed by atoms with Gasteiger partial charge in [-0.15, -0.1) is 0 Å². The summed E-state index contributed by atoms with van der Waals surface area (Å²) < 4.78 is 0. The first kappa shape index (κ1) is 9.91. The quantitative estimate of drug-likeness (QED) is 0.747. The van der Waals surface area contributed by atoms with Gasteiger partial charge in [0.05, 0.1) is 0 Å². The predicted octanol–water partition coefficient (Wildman–Crippen LogP) is 2.33. The van der Waals surface area contributed by atoms with Crippen LogP contribution in [0.4, 0.5) is 0 Å². The Morgan fingerprint density at radius 1 is 1.36 bits per heavy atom. The van der Waals surface area contributed by atoms with E-state index in [0.717, 1.165) is 31.3 Å². The fraction of sp³-hybridized carbons (Fsp3) is 0.750. The molecule has 14 heavy (non-hydrogen) atoms. The summed E-state index contributed by atoms with van der Waals surface area (Å²) in [6.45, 7) is 0. The summed E-state index contributed by atoms with van der Waals surface area (Å²) in [5.74, 6) is 0.312. The maximum atomic E-state index is 11.9. The standard InChI is InChI=1S/C12H19NO/c13-12(7-8-12)9-11(14)10-5-3-1-2-4-6-10/h5H,1-4,6-9,13H2. The molecule has 2 rings (SSSR count). The van der Waals surface area contributed by atoms with Crippen LogP contribution in [0.2, 0.25) is 0 Å². The molecular weight excluding hydrogens is 174 g/mol. The number of hydrogen-bond acceptors (Lipinski definition) is 2. The molecule has 2 aliphatic rings. The van der Waals surface area contributed by atoms with Gasteiger partial charge in [0.2, 0.25) is 0 Å².